The molecule has 104 valence electrons. The van der Waals surface area contributed by atoms with Crippen LogP contribution in [0.15, 0.2) is 0 Å². The predicted molar refractivity (Wildman–Crippen MR) is 67.3 cm³/mol. The molecule has 5 heteroatoms. The van der Waals surface area contributed by atoms with Crippen molar-refractivity contribution in [1.29, 1.82) is 0 Å². The van der Waals surface area contributed by atoms with Gasteiger partial charge < -0.3 is 15.2 Å². The van der Waals surface area contributed by atoms with Gasteiger partial charge in [0.05, 0.1) is 6.10 Å². The molecule has 0 saturated heterocycles. The molecule has 2 atom stereocenters. The Balaban J connectivity index is 2.43. The number of hydrogen-bond donors (Lipinski definition) is 2. The molecule has 18 heavy (non-hydrogen) atoms. The normalized spacial score (nSPS) is 20.1. The van der Waals surface area contributed by atoms with Gasteiger partial charge in [-0.05, 0) is 26.2 Å². The average Bonchev–Trinajstić information content (AvgIpc) is 2.36. The second-order valence-corrected chi connectivity index (χ2v) is 4.86. The van der Waals surface area contributed by atoms with Gasteiger partial charge in [-0.25, -0.2) is 0 Å². The van der Waals surface area contributed by atoms with Crippen LogP contribution in [0.1, 0.15) is 52.4 Å². The minimum Gasteiger partial charge on any atom is -0.480 e. The standard InChI is InChI=1S/C13H23NO4/c1-3-11(12(15)14-9(2)13(16)17)18-10-7-5-4-6-8-10/h9-11H,3-8H2,1-2H3,(H,14,15)(H,16,17)/t9-,11?/m0/s1. The molecule has 0 radical (unpaired) electrons. The summed E-state index contributed by atoms with van der Waals surface area (Å²) in [6.07, 6.45) is 5.71. The SMILES string of the molecule is CCC(OC1CCCCC1)C(=O)N[C@@H](C)C(=O)O. The average molecular weight is 257 g/mol. The summed E-state index contributed by atoms with van der Waals surface area (Å²) in [7, 11) is 0. The van der Waals surface area contributed by atoms with Gasteiger partial charge in [0, 0.05) is 0 Å². The molecule has 1 aliphatic rings. The Labute approximate surface area is 108 Å². The summed E-state index contributed by atoms with van der Waals surface area (Å²) in [4.78, 5) is 22.5. The Hall–Kier alpha value is -1.10. The Morgan fingerprint density at radius 1 is 1.33 bits per heavy atom. The predicted octanol–water partition coefficient (Wildman–Crippen LogP) is 1.70. The van der Waals surface area contributed by atoms with Crippen LogP contribution >= 0.6 is 0 Å². The maximum absolute atomic E-state index is 11.9. The van der Waals surface area contributed by atoms with E-state index < -0.39 is 18.1 Å². The monoisotopic (exact) mass is 257 g/mol. The fourth-order valence-electron chi connectivity index (χ4n) is 2.15. The van der Waals surface area contributed by atoms with E-state index in [4.69, 9.17) is 9.84 Å². The molecule has 1 aliphatic carbocycles. The molecular formula is C13H23NO4. The first-order valence-electron chi connectivity index (χ1n) is 6.73. The highest BCUT2D eigenvalue weighted by molar-refractivity contribution is 5.86. The van der Waals surface area contributed by atoms with E-state index in [9.17, 15) is 9.59 Å². The van der Waals surface area contributed by atoms with Crippen LogP contribution in [-0.4, -0.2) is 35.2 Å². The van der Waals surface area contributed by atoms with Crippen LogP contribution in [0.25, 0.3) is 0 Å². The molecule has 1 unspecified atom stereocenters. The van der Waals surface area contributed by atoms with Crippen molar-refractivity contribution in [2.24, 2.45) is 0 Å². The first-order chi connectivity index (χ1) is 8.54. The van der Waals surface area contributed by atoms with Gasteiger partial charge >= 0.3 is 5.97 Å². The smallest absolute Gasteiger partial charge is 0.325 e. The van der Waals surface area contributed by atoms with Gasteiger partial charge in [-0.2, -0.15) is 0 Å². The number of amides is 1. The minimum absolute atomic E-state index is 0.148. The van der Waals surface area contributed by atoms with Crippen LogP contribution in [0, 0.1) is 0 Å². The van der Waals surface area contributed by atoms with Crippen LogP contribution in [0.2, 0.25) is 0 Å². The van der Waals surface area contributed by atoms with E-state index in [1.807, 2.05) is 6.92 Å². The van der Waals surface area contributed by atoms with Gasteiger partial charge in [0.2, 0.25) is 5.91 Å². The van der Waals surface area contributed by atoms with E-state index in [1.54, 1.807) is 0 Å². The summed E-state index contributed by atoms with van der Waals surface area (Å²) < 4.78 is 5.78. The summed E-state index contributed by atoms with van der Waals surface area (Å²) >= 11 is 0. The first kappa shape index (κ1) is 15.0. The molecule has 0 aliphatic heterocycles. The molecule has 0 aromatic heterocycles. The maximum Gasteiger partial charge on any atom is 0.325 e. The van der Waals surface area contributed by atoms with Gasteiger partial charge in [0.25, 0.3) is 0 Å². The lowest BCUT2D eigenvalue weighted by Crippen LogP contribution is -2.45. The highest BCUT2D eigenvalue weighted by Gasteiger charge is 2.25. The van der Waals surface area contributed by atoms with Crippen molar-refractivity contribution in [2.45, 2.75) is 70.6 Å². The van der Waals surface area contributed by atoms with Gasteiger partial charge in [0.1, 0.15) is 12.1 Å². The number of carboxylic acids is 1. The second-order valence-electron chi connectivity index (χ2n) is 4.86. The van der Waals surface area contributed by atoms with E-state index in [1.165, 1.54) is 13.3 Å². The van der Waals surface area contributed by atoms with Crippen molar-refractivity contribution < 1.29 is 19.4 Å². The molecule has 0 bridgehead atoms. The number of hydrogen-bond acceptors (Lipinski definition) is 3. The minimum atomic E-state index is -1.03. The van der Waals surface area contributed by atoms with Crippen molar-refractivity contribution in [3.8, 4) is 0 Å². The van der Waals surface area contributed by atoms with Crippen molar-refractivity contribution in [1.82, 2.24) is 5.32 Å². The number of nitrogens with one attached hydrogen (secondary N) is 1. The van der Waals surface area contributed by atoms with Gasteiger partial charge in [0.15, 0.2) is 0 Å². The lowest BCUT2D eigenvalue weighted by atomic mass is 9.97. The van der Waals surface area contributed by atoms with Crippen molar-refractivity contribution in [3.63, 3.8) is 0 Å². The molecule has 0 aromatic rings. The third kappa shape index (κ3) is 4.64. The van der Waals surface area contributed by atoms with Gasteiger partial charge in [-0.3, -0.25) is 9.59 Å². The molecule has 2 N–H and O–H groups in total. The highest BCUT2D eigenvalue weighted by atomic mass is 16.5. The summed E-state index contributed by atoms with van der Waals surface area (Å²) in [6.45, 7) is 3.33. The Bertz CT molecular complexity index is 287. The summed E-state index contributed by atoms with van der Waals surface area (Å²) in [5.41, 5.74) is 0. The Morgan fingerprint density at radius 3 is 2.44 bits per heavy atom. The lowest BCUT2D eigenvalue weighted by molar-refractivity contribution is -0.146. The number of carboxylic acid groups (broad SMARTS) is 1. The molecule has 0 heterocycles. The highest BCUT2D eigenvalue weighted by Crippen LogP contribution is 2.22. The van der Waals surface area contributed by atoms with Crippen molar-refractivity contribution in [3.05, 3.63) is 0 Å². The first-order valence-corrected chi connectivity index (χ1v) is 6.73. The molecule has 0 spiro atoms. The van der Waals surface area contributed by atoms with E-state index in [2.05, 4.69) is 5.32 Å². The number of aliphatic carboxylic acids is 1. The fourth-order valence-corrected chi connectivity index (χ4v) is 2.15. The number of carbonyl (C=O) groups excluding carboxylic acids is 1. The van der Waals surface area contributed by atoms with Crippen molar-refractivity contribution >= 4 is 11.9 Å². The molecule has 1 saturated carbocycles. The molecule has 5 nitrogen and oxygen atoms in total. The quantitative estimate of drug-likeness (QED) is 0.759. The van der Waals surface area contributed by atoms with Crippen LogP contribution in [0.5, 0.6) is 0 Å². The summed E-state index contributed by atoms with van der Waals surface area (Å²) in [5.74, 6) is -1.35. The van der Waals surface area contributed by atoms with Crippen molar-refractivity contribution in [2.75, 3.05) is 0 Å². The molecule has 0 aromatic carbocycles. The Kier molecular flexibility index (Phi) is 6.12. The largest absolute Gasteiger partial charge is 0.480 e. The van der Waals surface area contributed by atoms with Crippen LogP contribution < -0.4 is 5.32 Å². The summed E-state index contributed by atoms with van der Waals surface area (Å²) in [6, 6.07) is -0.874. The summed E-state index contributed by atoms with van der Waals surface area (Å²) in [5, 5.41) is 11.2. The third-order valence-corrected chi connectivity index (χ3v) is 3.30. The van der Waals surface area contributed by atoms with E-state index in [0.29, 0.717) is 6.42 Å². The van der Waals surface area contributed by atoms with E-state index in [-0.39, 0.29) is 12.0 Å². The van der Waals surface area contributed by atoms with Crippen LogP contribution in [0.3, 0.4) is 0 Å². The molecular weight excluding hydrogens is 234 g/mol. The third-order valence-electron chi connectivity index (χ3n) is 3.30. The Morgan fingerprint density at radius 2 is 1.94 bits per heavy atom. The fraction of sp³-hybridized carbons (Fsp3) is 0.846. The zero-order chi connectivity index (χ0) is 13.5. The van der Waals surface area contributed by atoms with Gasteiger partial charge in [-0.15, -0.1) is 0 Å². The van der Waals surface area contributed by atoms with E-state index >= 15 is 0 Å². The van der Waals surface area contributed by atoms with Crippen LogP contribution in [-0.2, 0) is 14.3 Å². The molecule has 1 amide bonds. The lowest BCUT2D eigenvalue weighted by Gasteiger charge is -2.27. The molecule has 1 rings (SSSR count). The number of carbonyl (C=O) groups is 2. The zero-order valence-electron chi connectivity index (χ0n) is 11.1. The zero-order valence-corrected chi connectivity index (χ0v) is 11.1. The molecule has 1 fully saturated rings. The second kappa shape index (κ2) is 7.36. The van der Waals surface area contributed by atoms with E-state index in [0.717, 1.165) is 25.7 Å². The van der Waals surface area contributed by atoms with Gasteiger partial charge in [-0.1, -0.05) is 26.2 Å². The van der Waals surface area contributed by atoms with Crippen LogP contribution in [0.4, 0.5) is 0 Å². The maximum atomic E-state index is 11.9. The number of ether oxygens (including phenoxy) is 1. The topological polar surface area (TPSA) is 75.6 Å². The number of rotatable bonds is 6.